The zero-order chi connectivity index (χ0) is 17.2. The number of nitrogens with one attached hydrogen (secondary N) is 1. The third-order valence-corrected chi connectivity index (χ3v) is 4.96. The molecule has 0 bridgehead atoms. The van der Waals surface area contributed by atoms with Gasteiger partial charge in [0.05, 0.1) is 12.5 Å². The van der Waals surface area contributed by atoms with Crippen LogP contribution in [0, 0.1) is 19.3 Å². The minimum Gasteiger partial charge on any atom is -0.465 e. The van der Waals surface area contributed by atoms with Crippen LogP contribution in [0.2, 0.25) is 0 Å². The summed E-state index contributed by atoms with van der Waals surface area (Å²) in [5.41, 5.74) is 0.772. The fourth-order valence-electron chi connectivity index (χ4n) is 2.37. The van der Waals surface area contributed by atoms with Gasteiger partial charge in [-0.25, -0.2) is 14.8 Å². The molecule has 2 rings (SSSR count). The summed E-state index contributed by atoms with van der Waals surface area (Å²) in [6.07, 6.45) is 0.698. The highest BCUT2D eigenvalue weighted by Crippen LogP contribution is 2.34. The molecular weight excluding hydrogens is 314 g/mol. The average Bonchev–Trinajstić information content (AvgIpc) is 2.81. The van der Waals surface area contributed by atoms with Crippen molar-refractivity contribution in [1.29, 1.82) is 0 Å². The van der Waals surface area contributed by atoms with Crippen LogP contribution in [0.5, 0.6) is 0 Å². The lowest BCUT2D eigenvalue weighted by Gasteiger charge is -2.24. The summed E-state index contributed by atoms with van der Waals surface area (Å²) in [6, 6.07) is 0. The van der Waals surface area contributed by atoms with Crippen molar-refractivity contribution in [3.63, 3.8) is 0 Å². The number of aromatic nitrogens is 2. The number of carbonyl (C=O) groups excluding carboxylic acids is 1. The van der Waals surface area contributed by atoms with E-state index >= 15 is 0 Å². The van der Waals surface area contributed by atoms with Crippen molar-refractivity contribution in [3.05, 3.63) is 16.3 Å². The molecule has 0 aromatic carbocycles. The Morgan fingerprint density at radius 3 is 2.65 bits per heavy atom. The van der Waals surface area contributed by atoms with Gasteiger partial charge in [-0.15, -0.1) is 11.3 Å². The highest BCUT2D eigenvalue weighted by molar-refractivity contribution is 7.20. The van der Waals surface area contributed by atoms with E-state index in [-0.39, 0.29) is 18.0 Å². The second-order valence-electron chi connectivity index (χ2n) is 6.34. The summed E-state index contributed by atoms with van der Waals surface area (Å²) < 4.78 is 4.84. The Morgan fingerprint density at radius 2 is 2.04 bits per heavy atom. The SMILES string of the molecule is COC(=O)c1sc2nc(C)nc(NCC(C)(C)CCO)c2c1C. The summed E-state index contributed by atoms with van der Waals surface area (Å²) in [4.78, 5) is 22.2. The number of esters is 1. The van der Waals surface area contributed by atoms with Gasteiger partial charge >= 0.3 is 5.97 Å². The molecule has 2 heterocycles. The van der Waals surface area contributed by atoms with Crippen LogP contribution in [-0.2, 0) is 4.74 Å². The Hall–Kier alpha value is -1.73. The maximum Gasteiger partial charge on any atom is 0.348 e. The van der Waals surface area contributed by atoms with E-state index in [0.29, 0.717) is 23.7 Å². The molecule has 0 unspecified atom stereocenters. The second-order valence-corrected chi connectivity index (χ2v) is 7.34. The molecule has 0 saturated heterocycles. The Morgan fingerprint density at radius 1 is 1.35 bits per heavy atom. The molecule has 6 nitrogen and oxygen atoms in total. The highest BCUT2D eigenvalue weighted by Gasteiger charge is 2.22. The van der Waals surface area contributed by atoms with E-state index in [4.69, 9.17) is 9.84 Å². The van der Waals surface area contributed by atoms with Crippen LogP contribution in [0.15, 0.2) is 0 Å². The molecule has 0 amide bonds. The lowest BCUT2D eigenvalue weighted by atomic mass is 9.90. The van der Waals surface area contributed by atoms with Gasteiger partial charge in [0.1, 0.15) is 21.3 Å². The summed E-state index contributed by atoms with van der Waals surface area (Å²) in [5, 5.41) is 13.4. The molecule has 0 aliphatic carbocycles. The van der Waals surface area contributed by atoms with Crippen molar-refractivity contribution >= 4 is 33.3 Å². The largest absolute Gasteiger partial charge is 0.465 e. The van der Waals surface area contributed by atoms with Gasteiger partial charge in [0, 0.05) is 13.2 Å². The maximum atomic E-state index is 11.9. The van der Waals surface area contributed by atoms with Gasteiger partial charge in [-0.2, -0.15) is 0 Å². The number of thiophene rings is 1. The first kappa shape index (κ1) is 17.6. The number of ether oxygens (including phenoxy) is 1. The first-order valence-corrected chi connectivity index (χ1v) is 8.31. The van der Waals surface area contributed by atoms with Crippen molar-refractivity contribution in [2.45, 2.75) is 34.1 Å². The zero-order valence-electron chi connectivity index (χ0n) is 14.2. The lowest BCUT2D eigenvalue weighted by molar-refractivity contribution is 0.0605. The summed E-state index contributed by atoms with van der Waals surface area (Å²) in [6.45, 7) is 8.70. The number of anilines is 1. The van der Waals surface area contributed by atoms with E-state index in [9.17, 15) is 4.79 Å². The Labute approximate surface area is 139 Å². The monoisotopic (exact) mass is 337 g/mol. The normalized spacial score (nSPS) is 11.7. The molecular formula is C16H23N3O3S. The minimum atomic E-state index is -0.352. The Kier molecular flexibility index (Phi) is 5.21. The molecule has 7 heteroatoms. The van der Waals surface area contributed by atoms with Crippen LogP contribution in [0.25, 0.3) is 10.2 Å². The number of hydrogen-bond donors (Lipinski definition) is 2. The maximum absolute atomic E-state index is 11.9. The van der Waals surface area contributed by atoms with Crippen LogP contribution in [-0.4, -0.2) is 41.3 Å². The molecule has 2 aromatic rings. The Bertz CT molecular complexity index is 725. The van der Waals surface area contributed by atoms with Gasteiger partial charge in [-0.1, -0.05) is 13.8 Å². The van der Waals surface area contributed by atoms with E-state index in [0.717, 1.165) is 21.6 Å². The fraction of sp³-hybridized carbons (Fsp3) is 0.562. The predicted molar refractivity (Wildman–Crippen MR) is 92.2 cm³/mol. The first-order chi connectivity index (χ1) is 10.8. The smallest absolute Gasteiger partial charge is 0.348 e. The standard InChI is InChI=1S/C16H23N3O3S/c1-9-11-13(17-8-16(3,4)6-7-20)18-10(2)19-14(11)23-12(9)15(21)22-5/h20H,6-8H2,1-5H3,(H,17,18,19). The summed E-state index contributed by atoms with van der Waals surface area (Å²) in [5.74, 6) is 1.02. The van der Waals surface area contributed by atoms with Crippen molar-refractivity contribution in [1.82, 2.24) is 9.97 Å². The number of rotatable bonds is 6. The van der Waals surface area contributed by atoms with Crippen LogP contribution >= 0.6 is 11.3 Å². The van der Waals surface area contributed by atoms with Crippen molar-refractivity contribution in [2.75, 3.05) is 25.6 Å². The topological polar surface area (TPSA) is 84.3 Å². The number of aryl methyl sites for hydroxylation is 2. The molecule has 0 radical (unpaired) electrons. The number of hydrogen-bond acceptors (Lipinski definition) is 7. The number of carbonyl (C=O) groups is 1. The number of methoxy groups -OCH3 is 1. The highest BCUT2D eigenvalue weighted by atomic mass is 32.1. The van der Waals surface area contributed by atoms with Gasteiger partial charge < -0.3 is 15.2 Å². The molecule has 0 fully saturated rings. The minimum absolute atomic E-state index is 0.0605. The first-order valence-electron chi connectivity index (χ1n) is 7.50. The van der Waals surface area contributed by atoms with E-state index in [1.165, 1.54) is 18.4 Å². The number of fused-ring (bicyclic) bond motifs is 1. The second kappa shape index (κ2) is 6.80. The lowest BCUT2D eigenvalue weighted by Crippen LogP contribution is -2.24. The van der Waals surface area contributed by atoms with Crippen LogP contribution in [0.4, 0.5) is 5.82 Å². The molecule has 0 aliphatic heterocycles. The van der Waals surface area contributed by atoms with Crippen LogP contribution in [0.3, 0.4) is 0 Å². The average molecular weight is 337 g/mol. The summed E-state index contributed by atoms with van der Waals surface area (Å²) >= 11 is 1.32. The molecule has 0 spiro atoms. The molecule has 23 heavy (non-hydrogen) atoms. The van der Waals surface area contributed by atoms with E-state index < -0.39 is 0 Å². The third-order valence-electron chi connectivity index (χ3n) is 3.80. The molecule has 126 valence electrons. The van der Waals surface area contributed by atoms with Gasteiger partial charge in [0.25, 0.3) is 0 Å². The van der Waals surface area contributed by atoms with Crippen LogP contribution in [0.1, 0.15) is 41.3 Å². The third kappa shape index (κ3) is 3.79. The number of aliphatic hydroxyl groups excluding tert-OH is 1. The van der Waals surface area contributed by atoms with E-state index in [2.05, 4.69) is 29.1 Å². The number of nitrogens with zero attached hydrogens (tertiary/aromatic N) is 2. The molecule has 0 atom stereocenters. The quantitative estimate of drug-likeness (QED) is 0.789. The zero-order valence-corrected chi connectivity index (χ0v) is 15.0. The van der Waals surface area contributed by atoms with Gasteiger partial charge in [-0.3, -0.25) is 0 Å². The van der Waals surface area contributed by atoms with Crippen molar-refractivity contribution in [2.24, 2.45) is 5.41 Å². The van der Waals surface area contributed by atoms with Gasteiger partial charge in [0.2, 0.25) is 0 Å². The predicted octanol–water partition coefficient (Wildman–Crippen LogP) is 2.92. The molecule has 0 saturated carbocycles. The van der Waals surface area contributed by atoms with Crippen molar-refractivity contribution in [3.8, 4) is 0 Å². The van der Waals surface area contributed by atoms with Gasteiger partial charge in [-0.05, 0) is 31.2 Å². The fourth-order valence-corrected chi connectivity index (χ4v) is 3.52. The number of aliphatic hydroxyl groups is 1. The van der Waals surface area contributed by atoms with Crippen molar-refractivity contribution < 1.29 is 14.6 Å². The molecule has 2 aromatic heterocycles. The Balaban J connectivity index is 2.43. The van der Waals surface area contributed by atoms with Crippen LogP contribution < -0.4 is 5.32 Å². The van der Waals surface area contributed by atoms with E-state index in [1.807, 2.05) is 13.8 Å². The molecule has 0 aliphatic rings. The van der Waals surface area contributed by atoms with E-state index in [1.54, 1.807) is 0 Å². The molecule has 2 N–H and O–H groups in total. The van der Waals surface area contributed by atoms with Gasteiger partial charge in [0.15, 0.2) is 0 Å². The summed E-state index contributed by atoms with van der Waals surface area (Å²) in [7, 11) is 1.37.